The highest BCUT2D eigenvalue weighted by atomic mass is 16.5. The summed E-state index contributed by atoms with van der Waals surface area (Å²) in [4.78, 5) is 8.89. The van der Waals surface area contributed by atoms with Gasteiger partial charge in [0.2, 0.25) is 0 Å². The average Bonchev–Trinajstić information content (AvgIpc) is 2.59. The Bertz CT molecular complexity index is 834. The van der Waals surface area contributed by atoms with Crippen molar-refractivity contribution in [3.8, 4) is 22.8 Å². The van der Waals surface area contributed by atoms with Crippen LogP contribution in [0.1, 0.15) is 5.56 Å². The topological polar surface area (TPSA) is 64.5 Å². The van der Waals surface area contributed by atoms with Gasteiger partial charge in [-0.25, -0.2) is 4.98 Å². The van der Waals surface area contributed by atoms with Crippen LogP contribution in [0.25, 0.3) is 22.2 Å². The summed E-state index contributed by atoms with van der Waals surface area (Å²) in [7, 11) is 1.62. The van der Waals surface area contributed by atoms with Crippen molar-refractivity contribution in [1.82, 2.24) is 9.97 Å². The van der Waals surface area contributed by atoms with Gasteiger partial charge in [0.05, 0.1) is 31.1 Å². The third kappa shape index (κ3) is 3.24. The number of rotatable bonds is 5. The molecule has 0 spiro atoms. The highest BCUT2D eigenvalue weighted by molar-refractivity contribution is 5.86. The number of aromatic nitrogens is 2. The summed E-state index contributed by atoms with van der Waals surface area (Å²) in [6.07, 6.45) is 3.43. The van der Waals surface area contributed by atoms with Gasteiger partial charge in [-0.3, -0.25) is 4.98 Å². The third-order valence-electron chi connectivity index (χ3n) is 3.59. The molecule has 0 amide bonds. The number of pyridine rings is 2. The van der Waals surface area contributed by atoms with Crippen LogP contribution in [0.2, 0.25) is 0 Å². The van der Waals surface area contributed by atoms with Crippen LogP contribution < -0.4 is 9.47 Å². The second-order valence-electron chi connectivity index (χ2n) is 5.19. The number of ether oxygens (including phenoxy) is 2. The molecule has 0 aliphatic carbocycles. The van der Waals surface area contributed by atoms with Gasteiger partial charge in [0, 0.05) is 23.2 Å². The van der Waals surface area contributed by atoms with Crippen LogP contribution in [0.4, 0.5) is 0 Å². The van der Waals surface area contributed by atoms with E-state index in [1.165, 1.54) is 0 Å². The number of aliphatic hydroxyl groups is 1. The highest BCUT2D eigenvalue weighted by Gasteiger charge is 2.08. The summed E-state index contributed by atoms with van der Waals surface area (Å²) >= 11 is 0. The zero-order valence-electron chi connectivity index (χ0n) is 13.1. The maximum absolute atomic E-state index is 8.87. The number of hydrogen-bond acceptors (Lipinski definition) is 5. The van der Waals surface area contributed by atoms with Crippen molar-refractivity contribution in [2.75, 3.05) is 20.3 Å². The summed E-state index contributed by atoms with van der Waals surface area (Å²) in [6, 6.07) is 9.70. The van der Waals surface area contributed by atoms with Crippen molar-refractivity contribution in [2.24, 2.45) is 0 Å². The van der Waals surface area contributed by atoms with Gasteiger partial charge in [-0.15, -0.1) is 0 Å². The molecule has 0 aliphatic rings. The van der Waals surface area contributed by atoms with Crippen LogP contribution in [0.3, 0.4) is 0 Å². The average molecular weight is 310 g/mol. The molecule has 3 rings (SSSR count). The quantitative estimate of drug-likeness (QED) is 0.785. The molecule has 1 N–H and O–H groups in total. The lowest BCUT2D eigenvalue weighted by Gasteiger charge is -2.10. The molecule has 0 aliphatic heterocycles. The first-order valence-corrected chi connectivity index (χ1v) is 7.36. The lowest BCUT2D eigenvalue weighted by atomic mass is 10.1. The normalized spacial score (nSPS) is 10.7. The molecule has 0 saturated heterocycles. The third-order valence-corrected chi connectivity index (χ3v) is 3.59. The van der Waals surface area contributed by atoms with Crippen LogP contribution in [-0.2, 0) is 0 Å². The largest absolute Gasteiger partial charge is 0.495 e. The van der Waals surface area contributed by atoms with Crippen molar-refractivity contribution in [3.05, 3.63) is 48.3 Å². The fraction of sp³-hybridized carbons (Fsp3) is 0.222. The number of fused-ring (bicyclic) bond motifs is 1. The molecule has 2 aromatic heterocycles. The molecular weight excluding hydrogens is 292 g/mol. The lowest BCUT2D eigenvalue weighted by molar-refractivity contribution is 0.201. The SMILES string of the molecule is COc1cncc(-c2cc(C)c3ccc(OCCO)cc3n2)c1. The summed E-state index contributed by atoms with van der Waals surface area (Å²) in [5.74, 6) is 1.39. The first-order valence-electron chi connectivity index (χ1n) is 7.36. The van der Waals surface area contributed by atoms with Crippen molar-refractivity contribution < 1.29 is 14.6 Å². The van der Waals surface area contributed by atoms with Gasteiger partial charge in [-0.1, -0.05) is 0 Å². The van der Waals surface area contributed by atoms with E-state index in [-0.39, 0.29) is 13.2 Å². The Morgan fingerprint density at radius 2 is 1.96 bits per heavy atom. The van der Waals surface area contributed by atoms with Gasteiger partial charge < -0.3 is 14.6 Å². The Kier molecular flexibility index (Phi) is 4.39. The molecular formula is C18H18N2O3. The Balaban J connectivity index is 2.07. The fourth-order valence-electron chi connectivity index (χ4n) is 2.45. The molecule has 0 radical (unpaired) electrons. The van der Waals surface area contributed by atoms with E-state index in [2.05, 4.69) is 11.9 Å². The molecule has 3 aromatic rings. The van der Waals surface area contributed by atoms with E-state index in [0.29, 0.717) is 11.5 Å². The number of nitrogens with zero attached hydrogens (tertiary/aromatic N) is 2. The Hall–Kier alpha value is -2.66. The molecule has 5 heteroatoms. The summed E-state index contributed by atoms with van der Waals surface area (Å²) in [5, 5.41) is 9.94. The number of aryl methyl sites for hydroxylation is 1. The van der Waals surface area contributed by atoms with E-state index >= 15 is 0 Å². The van der Waals surface area contributed by atoms with Gasteiger partial charge in [-0.2, -0.15) is 0 Å². The van der Waals surface area contributed by atoms with Crippen molar-refractivity contribution in [2.45, 2.75) is 6.92 Å². The number of aliphatic hydroxyl groups excluding tert-OH is 1. The molecule has 0 saturated carbocycles. The minimum atomic E-state index is -0.0139. The summed E-state index contributed by atoms with van der Waals surface area (Å²) in [5.41, 5.74) is 3.71. The van der Waals surface area contributed by atoms with Gasteiger partial charge in [0.25, 0.3) is 0 Å². The predicted octanol–water partition coefficient (Wildman–Crippen LogP) is 2.98. The van der Waals surface area contributed by atoms with Crippen LogP contribution in [0.15, 0.2) is 42.7 Å². The first kappa shape index (κ1) is 15.2. The standard InChI is InChI=1S/C18H18N2O3/c1-12-7-17(13-8-15(22-2)11-19-10-13)20-18-9-14(23-6-5-21)3-4-16(12)18/h3-4,7-11,21H,5-6H2,1-2H3. The van der Waals surface area contributed by atoms with Gasteiger partial charge in [0.1, 0.15) is 18.1 Å². The zero-order chi connectivity index (χ0) is 16.2. The summed E-state index contributed by atoms with van der Waals surface area (Å²) in [6.45, 7) is 2.30. The number of methoxy groups -OCH3 is 1. The Labute approximate surface area is 134 Å². The zero-order valence-corrected chi connectivity index (χ0v) is 13.1. The number of hydrogen-bond donors (Lipinski definition) is 1. The maximum Gasteiger partial charge on any atom is 0.137 e. The van der Waals surface area contributed by atoms with Crippen molar-refractivity contribution in [3.63, 3.8) is 0 Å². The van der Waals surface area contributed by atoms with E-state index in [4.69, 9.17) is 19.6 Å². The molecule has 0 fully saturated rings. The summed E-state index contributed by atoms with van der Waals surface area (Å²) < 4.78 is 10.7. The van der Waals surface area contributed by atoms with Gasteiger partial charge in [-0.05, 0) is 36.8 Å². The highest BCUT2D eigenvalue weighted by Crippen LogP contribution is 2.28. The molecule has 23 heavy (non-hydrogen) atoms. The van der Waals surface area contributed by atoms with Crippen molar-refractivity contribution >= 4 is 10.9 Å². The van der Waals surface area contributed by atoms with E-state index < -0.39 is 0 Å². The van der Waals surface area contributed by atoms with E-state index in [1.807, 2.05) is 30.3 Å². The lowest BCUT2D eigenvalue weighted by Crippen LogP contribution is -2.01. The molecule has 0 atom stereocenters. The molecule has 0 unspecified atom stereocenters. The molecule has 0 bridgehead atoms. The Morgan fingerprint density at radius 3 is 2.74 bits per heavy atom. The molecule has 1 aromatic carbocycles. The Morgan fingerprint density at radius 1 is 1.09 bits per heavy atom. The fourth-order valence-corrected chi connectivity index (χ4v) is 2.45. The van der Waals surface area contributed by atoms with E-state index in [0.717, 1.165) is 27.7 Å². The van der Waals surface area contributed by atoms with E-state index in [1.54, 1.807) is 19.5 Å². The minimum Gasteiger partial charge on any atom is -0.495 e. The van der Waals surface area contributed by atoms with E-state index in [9.17, 15) is 0 Å². The maximum atomic E-state index is 8.87. The van der Waals surface area contributed by atoms with Crippen LogP contribution in [0, 0.1) is 6.92 Å². The first-order chi connectivity index (χ1) is 11.2. The molecule has 118 valence electrons. The number of benzene rings is 1. The minimum absolute atomic E-state index is 0.0139. The predicted molar refractivity (Wildman–Crippen MR) is 88.8 cm³/mol. The molecule has 2 heterocycles. The molecule has 5 nitrogen and oxygen atoms in total. The smallest absolute Gasteiger partial charge is 0.137 e. The second kappa shape index (κ2) is 6.62. The van der Waals surface area contributed by atoms with Crippen LogP contribution in [-0.4, -0.2) is 35.4 Å². The van der Waals surface area contributed by atoms with Crippen LogP contribution >= 0.6 is 0 Å². The van der Waals surface area contributed by atoms with Crippen LogP contribution in [0.5, 0.6) is 11.5 Å². The monoisotopic (exact) mass is 310 g/mol. The second-order valence-corrected chi connectivity index (χ2v) is 5.19. The van der Waals surface area contributed by atoms with Gasteiger partial charge >= 0.3 is 0 Å². The van der Waals surface area contributed by atoms with Gasteiger partial charge in [0.15, 0.2) is 0 Å². The van der Waals surface area contributed by atoms with Crippen molar-refractivity contribution in [1.29, 1.82) is 0 Å².